The van der Waals surface area contributed by atoms with E-state index < -0.39 is 0 Å². The molecular weight excluding hydrogens is 384 g/mol. The Labute approximate surface area is 186 Å². The van der Waals surface area contributed by atoms with Crippen molar-refractivity contribution in [1.82, 2.24) is 15.1 Å². The molecule has 0 bridgehead atoms. The van der Waals surface area contributed by atoms with Crippen LogP contribution in [-0.4, -0.2) is 48.3 Å². The molecule has 5 heteroatoms. The van der Waals surface area contributed by atoms with Gasteiger partial charge in [-0.25, -0.2) is 0 Å². The molecule has 0 saturated carbocycles. The van der Waals surface area contributed by atoms with Crippen LogP contribution in [0.15, 0.2) is 59.6 Å². The van der Waals surface area contributed by atoms with Crippen LogP contribution >= 0.6 is 0 Å². The number of hydrogen-bond acceptors (Lipinski definition) is 2. The summed E-state index contributed by atoms with van der Waals surface area (Å²) in [5.41, 5.74) is 4.00. The highest BCUT2D eigenvalue weighted by molar-refractivity contribution is 5.80. The minimum absolute atomic E-state index is 0.245. The molecule has 5 nitrogen and oxygen atoms in total. The van der Waals surface area contributed by atoms with Crippen molar-refractivity contribution >= 4 is 11.9 Å². The van der Waals surface area contributed by atoms with Crippen molar-refractivity contribution in [2.75, 3.05) is 26.7 Å². The van der Waals surface area contributed by atoms with Gasteiger partial charge in [-0.15, -0.1) is 0 Å². The Morgan fingerprint density at radius 3 is 2.26 bits per heavy atom. The third-order valence-electron chi connectivity index (χ3n) is 6.54. The highest BCUT2D eigenvalue weighted by Crippen LogP contribution is 2.23. The topological polar surface area (TPSA) is 47.9 Å². The molecule has 2 aliphatic rings. The Hall–Kier alpha value is -2.82. The lowest BCUT2D eigenvalue weighted by Gasteiger charge is -2.34. The minimum Gasteiger partial charge on any atom is -0.356 e. The van der Waals surface area contributed by atoms with Gasteiger partial charge in [-0.05, 0) is 48.3 Å². The first-order valence-electron chi connectivity index (χ1n) is 11.6. The summed E-state index contributed by atoms with van der Waals surface area (Å²) < 4.78 is 0. The Kier molecular flexibility index (Phi) is 7.23. The van der Waals surface area contributed by atoms with Crippen LogP contribution in [0.1, 0.15) is 42.4 Å². The van der Waals surface area contributed by atoms with E-state index in [1.165, 1.54) is 36.0 Å². The van der Waals surface area contributed by atoms with E-state index in [0.717, 1.165) is 51.0 Å². The summed E-state index contributed by atoms with van der Waals surface area (Å²) in [6.07, 6.45) is 4.97. The number of rotatable bonds is 6. The molecule has 1 fully saturated rings. The monoisotopic (exact) mass is 418 g/mol. The lowest BCUT2D eigenvalue weighted by molar-refractivity contribution is -0.131. The quantitative estimate of drug-likeness (QED) is 0.441. The number of amides is 1. The summed E-state index contributed by atoms with van der Waals surface area (Å²) in [5, 5.41) is 3.47. The summed E-state index contributed by atoms with van der Waals surface area (Å²) in [4.78, 5) is 21.4. The van der Waals surface area contributed by atoms with Gasteiger partial charge in [-0.3, -0.25) is 9.79 Å². The Balaban J connectivity index is 1.15. The maximum atomic E-state index is 12.6. The van der Waals surface area contributed by atoms with Crippen molar-refractivity contribution in [1.29, 1.82) is 0 Å². The molecule has 0 spiro atoms. The molecule has 2 heterocycles. The second-order valence-corrected chi connectivity index (χ2v) is 8.72. The van der Waals surface area contributed by atoms with E-state index in [9.17, 15) is 4.79 Å². The second kappa shape index (κ2) is 10.5. The molecule has 2 aromatic carbocycles. The summed E-state index contributed by atoms with van der Waals surface area (Å²) in [5.74, 6) is 1.97. The lowest BCUT2D eigenvalue weighted by Crippen LogP contribution is -2.46. The predicted octanol–water partition coefficient (Wildman–Crippen LogP) is 3.84. The van der Waals surface area contributed by atoms with Crippen LogP contribution in [0.25, 0.3) is 0 Å². The Morgan fingerprint density at radius 1 is 0.968 bits per heavy atom. The Bertz CT molecular complexity index is 862. The normalized spacial score (nSPS) is 17.0. The molecule has 4 rings (SSSR count). The largest absolute Gasteiger partial charge is 0.356 e. The van der Waals surface area contributed by atoms with E-state index in [0.29, 0.717) is 6.42 Å². The van der Waals surface area contributed by atoms with E-state index in [-0.39, 0.29) is 5.91 Å². The Morgan fingerprint density at radius 2 is 1.61 bits per heavy atom. The van der Waals surface area contributed by atoms with Crippen molar-refractivity contribution < 1.29 is 4.79 Å². The van der Waals surface area contributed by atoms with Crippen molar-refractivity contribution in [2.24, 2.45) is 10.9 Å². The number of piperidine rings is 1. The average molecular weight is 419 g/mol. The van der Waals surface area contributed by atoms with Crippen LogP contribution < -0.4 is 5.32 Å². The molecule has 1 N–H and O–H groups in total. The van der Waals surface area contributed by atoms with Gasteiger partial charge in [0, 0.05) is 46.2 Å². The fraction of sp³-hybridized carbons (Fsp3) is 0.462. The van der Waals surface area contributed by atoms with Gasteiger partial charge in [0.05, 0.1) is 0 Å². The number of nitrogens with one attached hydrogen (secondary N) is 1. The molecule has 0 aliphatic carbocycles. The molecule has 0 radical (unpaired) electrons. The van der Waals surface area contributed by atoms with Crippen LogP contribution in [0.3, 0.4) is 0 Å². The maximum absolute atomic E-state index is 12.6. The van der Waals surface area contributed by atoms with Gasteiger partial charge in [-0.1, -0.05) is 54.6 Å². The molecule has 0 atom stereocenters. The fourth-order valence-electron chi connectivity index (χ4n) is 4.74. The molecule has 2 aliphatic heterocycles. The molecule has 1 saturated heterocycles. The van der Waals surface area contributed by atoms with E-state index >= 15 is 0 Å². The number of likely N-dealkylation sites (tertiary alicyclic amines) is 1. The third kappa shape index (κ3) is 5.66. The molecule has 31 heavy (non-hydrogen) atoms. The van der Waals surface area contributed by atoms with E-state index in [1.807, 2.05) is 24.1 Å². The van der Waals surface area contributed by atoms with Gasteiger partial charge in [0.25, 0.3) is 0 Å². The van der Waals surface area contributed by atoms with E-state index in [1.54, 1.807) is 0 Å². The zero-order chi connectivity index (χ0) is 21.5. The number of benzene rings is 2. The number of fused-ring (bicyclic) bond motifs is 1. The zero-order valence-electron chi connectivity index (χ0n) is 18.6. The van der Waals surface area contributed by atoms with Gasteiger partial charge in [0.1, 0.15) is 0 Å². The molecule has 0 unspecified atom stereocenters. The zero-order valence-corrected chi connectivity index (χ0v) is 18.6. The number of hydrogen-bond donors (Lipinski definition) is 1. The predicted molar refractivity (Wildman–Crippen MR) is 126 cm³/mol. The maximum Gasteiger partial charge on any atom is 0.223 e. The smallest absolute Gasteiger partial charge is 0.223 e. The van der Waals surface area contributed by atoms with Gasteiger partial charge in [0.2, 0.25) is 5.91 Å². The summed E-state index contributed by atoms with van der Waals surface area (Å²) in [6, 6.07) is 19.1. The molecule has 1 amide bonds. The number of carbonyl (C=O) groups is 1. The third-order valence-corrected chi connectivity index (χ3v) is 6.54. The van der Waals surface area contributed by atoms with Gasteiger partial charge in [0.15, 0.2) is 5.96 Å². The summed E-state index contributed by atoms with van der Waals surface area (Å²) >= 11 is 0. The molecular formula is C26H34N4O. The molecule has 164 valence electrons. The van der Waals surface area contributed by atoms with Crippen LogP contribution in [0.2, 0.25) is 0 Å². The number of aliphatic imine (C=N–C) groups is 1. The highest BCUT2D eigenvalue weighted by Gasteiger charge is 2.23. The van der Waals surface area contributed by atoms with Crippen molar-refractivity contribution in [2.45, 2.75) is 45.2 Å². The van der Waals surface area contributed by atoms with E-state index in [2.05, 4.69) is 57.7 Å². The van der Waals surface area contributed by atoms with E-state index in [4.69, 9.17) is 0 Å². The van der Waals surface area contributed by atoms with Crippen LogP contribution in [0.4, 0.5) is 0 Å². The number of guanidine groups is 1. The number of carbonyl (C=O) groups excluding carboxylic acids is 1. The lowest BCUT2D eigenvalue weighted by atomic mass is 9.90. The summed E-state index contributed by atoms with van der Waals surface area (Å²) in [6.45, 7) is 4.37. The van der Waals surface area contributed by atoms with Crippen molar-refractivity contribution in [3.8, 4) is 0 Å². The first kappa shape index (κ1) is 21.4. The van der Waals surface area contributed by atoms with Gasteiger partial charge < -0.3 is 15.1 Å². The van der Waals surface area contributed by atoms with Crippen LogP contribution in [0.5, 0.6) is 0 Å². The summed E-state index contributed by atoms with van der Waals surface area (Å²) in [7, 11) is 1.85. The SMILES string of the molecule is CN=C(NCCCC(=O)N1Cc2ccccc2C1)N1CCC(Cc2ccccc2)CC1. The fourth-order valence-corrected chi connectivity index (χ4v) is 4.74. The van der Waals surface area contributed by atoms with Crippen LogP contribution in [-0.2, 0) is 24.3 Å². The first-order chi connectivity index (χ1) is 15.2. The van der Waals surface area contributed by atoms with Crippen LogP contribution in [0, 0.1) is 5.92 Å². The number of nitrogens with zero attached hydrogens (tertiary/aromatic N) is 3. The first-order valence-corrected chi connectivity index (χ1v) is 11.6. The highest BCUT2D eigenvalue weighted by atomic mass is 16.2. The molecule has 0 aromatic heterocycles. The molecule has 2 aromatic rings. The minimum atomic E-state index is 0.245. The van der Waals surface area contributed by atoms with Crippen molar-refractivity contribution in [3.05, 3.63) is 71.3 Å². The van der Waals surface area contributed by atoms with Crippen molar-refractivity contribution in [3.63, 3.8) is 0 Å². The van der Waals surface area contributed by atoms with Gasteiger partial charge >= 0.3 is 0 Å². The van der Waals surface area contributed by atoms with Gasteiger partial charge in [-0.2, -0.15) is 0 Å². The second-order valence-electron chi connectivity index (χ2n) is 8.72. The standard InChI is InChI=1S/C26H34N4O/c1-27-26(29-16-13-22(14-17-29)18-21-8-3-2-4-9-21)28-15-7-12-25(31)30-19-23-10-5-6-11-24(23)20-30/h2-6,8-11,22H,7,12-20H2,1H3,(H,27,28). The average Bonchev–Trinajstić information content (AvgIpc) is 3.25.